The van der Waals surface area contributed by atoms with E-state index >= 15 is 0 Å². The Labute approximate surface area is 173 Å². The molecule has 1 saturated heterocycles. The van der Waals surface area contributed by atoms with Gasteiger partial charge in [-0.1, -0.05) is 56.3 Å². The standard InChI is InChI=1S/C24H31N3O2/c1-17(2)14-18-9-11-19(12-10-18)15-23(28)26-21-7-4-3-6-20(21)16-27-13-5-8-22(27)24(25)29/h3-4,6-7,9-12,17,22H,5,8,13-16H2,1-2H3,(H2,25,29)(H,26,28)/t22-/m1/s1. The van der Waals surface area contributed by atoms with E-state index in [0.717, 1.165) is 42.6 Å². The second kappa shape index (κ2) is 9.70. The van der Waals surface area contributed by atoms with Crippen LogP contribution in [0.3, 0.4) is 0 Å². The number of carbonyl (C=O) groups excluding carboxylic acids is 2. The molecule has 2 amide bonds. The Morgan fingerprint density at radius 2 is 1.79 bits per heavy atom. The van der Waals surface area contributed by atoms with Gasteiger partial charge in [0.15, 0.2) is 0 Å². The molecule has 2 aromatic carbocycles. The number of hydrogen-bond donors (Lipinski definition) is 2. The van der Waals surface area contributed by atoms with E-state index in [0.29, 0.717) is 18.9 Å². The summed E-state index contributed by atoms with van der Waals surface area (Å²) in [6.07, 6.45) is 3.15. The molecule has 0 saturated carbocycles. The van der Waals surface area contributed by atoms with Gasteiger partial charge in [-0.2, -0.15) is 0 Å². The van der Waals surface area contributed by atoms with Crippen molar-refractivity contribution in [3.63, 3.8) is 0 Å². The van der Waals surface area contributed by atoms with Crippen molar-refractivity contribution in [1.29, 1.82) is 0 Å². The topological polar surface area (TPSA) is 75.4 Å². The van der Waals surface area contributed by atoms with Gasteiger partial charge in [-0.15, -0.1) is 0 Å². The van der Waals surface area contributed by atoms with Crippen molar-refractivity contribution in [2.75, 3.05) is 11.9 Å². The fourth-order valence-corrected chi connectivity index (χ4v) is 3.98. The molecule has 0 spiro atoms. The molecule has 5 heteroatoms. The van der Waals surface area contributed by atoms with Crippen molar-refractivity contribution >= 4 is 17.5 Å². The highest BCUT2D eigenvalue weighted by atomic mass is 16.2. The van der Waals surface area contributed by atoms with Crippen LogP contribution in [0, 0.1) is 5.92 Å². The maximum absolute atomic E-state index is 12.6. The number of rotatable bonds is 8. The average molecular weight is 394 g/mol. The number of hydrogen-bond acceptors (Lipinski definition) is 3. The second-order valence-electron chi connectivity index (χ2n) is 8.33. The summed E-state index contributed by atoms with van der Waals surface area (Å²) in [6.45, 7) is 5.85. The maximum Gasteiger partial charge on any atom is 0.234 e. The highest BCUT2D eigenvalue weighted by Gasteiger charge is 2.29. The summed E-state index contributed by atoms with van der Waals surface area (Å²) < 4.78 is 0. The summed E-state index contributed by atoms with van der Waals surface area (Å²) in [4.78, 5) is 26.4. The van der Waals surface area contributed by atoms with Crippen LogP contribution in [0.5, 0.6) is 0 Å². The Morgan fingerprint density at radius 1 is 1.10 bits per heavy atom. The number of para-hydroxylation sites is 1. The molecule has 154 valence electrons. The first kappa shape index (κ1) is 21.1. The summed E-state index contributed by atoms with van der Waals surface area (Å²) >= 11 is 0. The number of likely N-dealkylation sites (tertiary alicyclic amines) is 1. The molecule has 5 nitrogen and oxygen atoms in total. The van der Waals surface area contributed by atoms with E-state index in [9.17, 15) is 9.59 Å². The zero-order valence-corrected chi connectivity index (χ0v) is 17.4. The molecule has 1 fully saturated rings. The van der Waals surface area contributed by atoms with Gasteiger partial charge in [0.2, 0.25) is 11.8 Å². The Balaban J connectivity index is 1.63. The molecule has 1 atom stereocenters. The van der Waals surface area contributed by atoms with Gasteiger partial charge in [-0.05, 0) is 54.5 Å². The molecule has 0 aromatic heterocycles. The van der Waals surface area contributed by atoms with Crippen molar-refractivity contribution in [1.82, 2.24) is 4.90 Å². The van der Waals surface area contributed by atoms with E-state index in [1.165, 1.54) is 5.56 Å². The quantitative estimate of drug-likeness (QED) is 0.721. The van der Waals surface area contributed by atoms with E-state index in [2.05, 4.69) is 36.2 Å². The first-order valence-electron chi connectivity index (χ1n) is 10.4. The molecule has 29 heavy (non-hydrogen) atoms. The van der Waals surface area contributed by atoms with Crippen LogP contribution < -0.4 is 11.1 Å². The van der Waals surface area contributed by atoms with Gasteiger partial charge in [0, 0.05) is 12.2 Å². The van der Waals surface area contributed by atoms with Gasteiger partial charge in [-0.25, -0.2) is 0 Å². The number of primary amides is 1. The molecular formula is C24H31N3O2. The van der Waals surface area contributed by atoms with Crippen molar-refractivity contribution in [3.8, 4) is 0 Å². The Hall–Kier alpha value is -2.66. The smallest absolute Gasteiger partial charge is 0.234 e. The lowest BCUT2D eigenvalue weighted by atomic mass is 10.0. The first-order chi connectivity index (χ1) is 13.9. The molecule has 0 unspecified atom stereocenters. The molecule has 3 rings (SSSR count). The average Bonchev–Trinajstić information content (AvgIpc) is 3.13. The number of anilines is 1. The fraction of sp³-hybridized carbons (Fsp3) is 0.417. The SMILES string of the molecule is CC(C)Cc1ccc(CC(=O)Nc2ccccc2CN2CCC[C@@H]2C(N)=O)cc1. The van der Waals surface area contributed by atoms with E-state index < -0.39 is 0 Å². The van der Waals surface area contributed by atoms with Crippen LogP contribution in [0.4, 0.5) is 5.69 Å². The predicted molar refractivity (Wildman–Crippen MR) is 116 cm³/mol. The van der Waals surface area contributed by atoms with Gasteiger partial charge in [0.05, 0.1) is 12.5 Å². The largest absolute Gasteiger partial charge is 0.368 e. The van der Waals surface area contributed by atoms with Crippen LogP contribution in [0.1, 0.15) is 43.4 Å². The summed E-state index contributed by atoms with van der Waals surface area (Å²) in [5.41, 5.74) is 9.63. The molecule has 3 N–H and O–H groups in total. The lowest BCUT2D eigenvalue weighted by Crippen LogP contribution is -2.39. The molecule has 1 aliphatic heterocycles. The minimum Gasteiger partial charge on any atom is -0.368 e. The number of nitrogens with two attached hydrogens (primary N) is 1. The number of nitrogens with zero attached hydrogens (tertiary/aromatic N) is 1. The van der Waals surface area contributed by atoms with Gasteiger partial charge in [-0.3, -0.25) is 14.5 Å². The molecule has 2 aromatic rings. The number of carbonyl (C=O) groups is 2. The summed E-state index contributed by atoms with van der Waals surface area (Å²) in [6, 6.07) is 15.8. The van der Waals surface area contributed by atoms with E-state index in [1.807, 2.05) is 36.4 Å². The van der Waals surface area contributed by atoms with Crippen LogP contribution >= 0.6 is 0 Å². The maximum atomic E-state index is 12.6. The molecule has 0 radical (unpaired) electrons. The predicted octanol–water partition coefficient (Wildman–Crippen LogP) is 3.52. The Kier molecular flexibility index (Phi) is 7.04. The van der Waals surface area contributed by atoms with Gasteiger partial charge in [0.25, 0.3) is 0 Å². The molecule has 0 aliphatic carbocycles. The number of amides is 2. The van der Waals surface area contributed by atoms with Crippen LogP contribution in [0.25, 0.3) is 0 Å². The zero-order chi connectivity index (χ0) is 20.8. The molecule has 0 bridgehead atoms. The van der Waals surface area contributed by atoms with Crippen molar-refractivity contribution in [2.24, 2.45) is 11.7 Å². The zero-order valence-electron chi connectivity index (χ0n) is 17.4. The normalized spacial score (nSPS) is 16.9. The minimum atomic E-state index is -0.273. The van der Waals surface area contributed by atoms with E-state index in [-0.39, 0.29) is 17.9 Å². The minimum absolute atomic E-state index is 0.0399. The summed E-state index contributed by atoms with van der Waals surface area (Å²) in [5.74, 6) is 0.303. The van der Waals surface area contributed by atoms with Gasteiger partial charge >= 0.3 is 0 Å². The number of benzene rings is 2. The van der Waals surface area contributed by atoms with Gasteiger partial charge < -0.3 is 11.1 Å². The lowest BCUT2D eigenvalue weighted by molar-refractivity contribution is -0.122. The summed E-state index contributed by atoms with van der Waals surface area (Å²) in [5, 5.41) is 3.04. The highest BCUT2D eigenvalue weighted by molar-refractivity contribution is 5.93. The van der Waals surface area contributed by atoms with Crippen molar-refractivity contribution in [3.05, 3.63) is 65.2 Å². The number of nitrogens with one attached hydrogen (secondary N) is 1. The fourth-order valence-electron chi connectivity index (χ4n) is 3.98. The molecule has 1 heterocycles. The molecular weight excluding hydrogens is 362 g/mol. The third kappa shape index (κ3) is 5.91. The Bertz CT molecular complexity index is 845. The first-order valence-corrected chi connectivity index (χ1v) is 10.4. The van der Waals surface area contributed by atoms with E-state index in [1.54, 1.807) is 0 Å². The third-order valence-corrected chi connectivity index (χ3v) is 5.39. The van der Waals surface area contributed by atoms with Crippen molar-refractivity contribution < 1.29 is 9.59 Å². The van der Waals surface area contributed by atoms with Crippen LogP contribution in [0.15, 0.2) is 48.5 Å². The third-order valence-electron chi connectivity index (χ3n) is 5.39. The summed E-state index contributed by atoms with van der Waals surface area (Å²) in [7, 11) is 0. The van der Waals surface area contributed by atoms with Crippen LogP contribution in [-0.4, -0.2) is 29.3 Å². The highest BCUT2D eigenvalue weighted by Crippen LogP contribution is 2.24. The van der Waals surface area contributed by atoms with Crippen LogP contribution in [-0.2, 0) is 29.0 Å². The van der Waals surface area contributed by atoms with Crippen molar-refractivity contribution in [2.45, 2.75) is 52.1 Å². The van der Waals surface area contributed by atoms with Gasteiger partial charge in [0.1, 0.15) is 0 Å². The Morgan fingerprint density at radius 3 is 2.48 bits per heavy atom. The second-order valence-corrected chi connectivity index (χ2v) is 8.33. The molecule has 1 aliphatic rings. The lowest BCUT2D eigenvalue weighted by Gasteiger charge is -2.23. The monoisotopic (exact) mass is 393 g/mol. The van der Waals surface area contributed by atoms with E-state index in [4.69, 9.17) is 5.73 Å². The van der Waals surface area contributed by atoms with Crippen LogP contribution in [0.2, 0.25) is 0 Å².